The van der Waals surface area contributed by atoms with Gasteiger partial charge in [0.2, 0.25) is 11.9 Å². The summed E-state index contributed by atoms with van der Waals surface area (Å²) in [5.41, 5.74) is 3.61. The van der Waals surface area contributed by atoms with Gasteiger partial charge in [0.25, 0.3) is 0 Å². The molecule has 0 radical (unpaired) electrons. The van der Waals surface area contributed by atoms with Gasteiger partial charge in [-0.05, 0) is 38.5 Å². The number of piperazine rings is 1. The molecule has 0 saturated carbocycles. The molecule has 0 spiro atoms. The van der Waals surface area contributed by atoms with Crippen LogP contribution in [0.15, 0.2) is 42.7 Å². The fourth-order valence-corrected chi connectivity index (χ4v) is 4.26. The van der Waals surface area contributed by atoms with Crippen LogP contribution >= 0.6 is 0 Å². The molecule has 3 aromatic heterocycles. The Morgan fingerprint density at radius 2 is 1.79 bits per heavy atom. The van der Waals surface area contributed by atoms with Gasteiger partial charge >= 0.3 is 0 Å². The molecular weight excluding hydrogens is 428 g/mol. The molecule has 1 aliphatic heterocycles. The first-order chi connectivity index (χ1) is 16.4. The third-order valence-electron chi connectivity index (χ3n) is 6.37. The summed E-state index contributed by atoms with van der Waals surface area (Å²) >= 11 is 0. The van der Waals surface area contributed by atoms with Crippen molar-refractivity contribution in [1.82, 2.24) is 29.6 Å². The van der Waals surface area contributed by atoms with Crippen molar-refractivity contribution in [3.8, 4) is 0 Å². The van der Waals surface area contributed by atoms with Gasteiger partial charge in [-0.25, -0.2) is 4.98 Å². The number of hydrogen-bond donors (Lipinski definition) is 1. The number of fused-ring (bicyclic) bond motifs is 2. The predicted octanol–water partition coefficient (Wildman–Crippen LogP) is 3.80. The second-order valence-electron chi connectivity index (χ2n) is 9.13. The van der Waals surface area contributed by atoms with Crippen LogP contribution in [0.2, 0.25) is 0 Å². The highest BCUT2D eigenvalue weighted by molar-refractivity contribution is 5.86. The quantitative estimate of drug-likeness (QED) is 0.486. The number of aromatic nitrogens is 5. The van der Waals surface area contributed by atoms with Crippen LogP contribution in [0.3, 0.4) is 0 Å². The van der Waals surface area contributed by atoms with E-state index in [-0.39, 0.29) is 18.0 Å². The summed E-state index contributed by atoms with van der Waals surface area (Å²) in [6.07, 6.45) is 3.89. The van der Waals surface area contributed by atoms with Crippen LogP contribution in [-0.2, 0) is 4.79 Å². The molecule has 9 nitrogen and oxygen atoms in total. The lowest BCUT2D eigenvalue weighted by atomic mass is 10.1. The summed E-state index contributed by atoms with van der Waals surface area (Å²) in [6.45, 7) is 10.7. The van der Waals surface area contributed by atoms with Gasteiger partial charge in [-0.15, -0.1) is 0 Å². The van der Waals surface area contributed by atoms with Crippen LogP contribution in [-0.4, -0.2) is 61.7 Å². The van der Waals surface area contributed by atoms with E-state index in [1.807, 2.05) is 40.2 Å². The molecule has 9 heteroatoms. The highest BCUT2D eigenvalue weighted by Gasteiger charge is 2.23. The Labute approximate surface area is 198 Å². The summed E-state index contributed by atoms with van der Waals surface area (Å²) in [5, 5.41) is 9.45. The number of para-hydroxylation sites is 1. The van der Waals surface area contributed by atoms with Crippen LogP contribution in [0.5, 0.6) is 0 Å². The fourth-order valence-electron chi connectivity index (χ4n) is 4.26. The largest absolute Gasteiger partial charge is 0.361 e. The second-order valence-corrected chi connectivity index (χ2v) is 9.13. The van der Waals surface area contributed by atoms with E-state index in [9.17, 15) is 4.79 Å². The van der Waals surface area contributed by atoms with Gasteiger partial charge in [0.15, 0.2) is 11.3 Å². The first kappa shape index (κ1) is 22.1. The first-order valence-corrected chi connectivity index (χ1v) is 11.8. The Morgan fingerprint density at radius 3 is 2.53 bits per heavy atom. The van der Waals surface area contributed by atoms with Crippen LogP contribution in [0.25, 0.3) is 21.9 Å². The molecule has 1 atom stereocenters. The number of rotatable bonds is 5. The Kier molecular flexibility index (Phi) is 5.77. The molecule has 1 amide bonds. The van der Waals surface area contributed by atoms with Crippen molar-refractivity contribution in [3.05, 3.63) is 48.3 Å². The molecule has 4 heterocycles. The summed E-state index contributed by atoms with van der Waals surface area (Å²) in [4.78, 5) is 30.1. The molecule has 1 fully saturated rings. The summed E-state index contributed by atoms with van der Waals surface area (Å²) < 4.78 is 1.92. The highest BCUT2D eigenvalue weighted by atomic mass is 16.2. The molecule has 0 aliphatic carbocycles. The molecular formula is C25H30N8O. The minimum Gasteiger partial charge on any atom is -0.361 e. The number of benzene rings is 1. The van der Waals surface area contributed by atoms with Crippen molar-refractivity contribution in [2.75, 3.05) is 36.4 Å². The van der Waals surface area contributed by atoms with E-state index in [0.29, 0.717) is 37.9 Å². The average Bonchev–Trinajstić information content (AvgIpc) is 3.29. The lowest BCUT2D eigenvalue weighted by Crippen LogP contribution is -2.48. The van der Waals surface area contributed by atoms with E-state index in [1.165, 1.54) is 0 Å². The van der Waals surface area contributed by atoms with Gasteiger partial charge in [-0.3, -0.25) is 14.5 Å². The first-order valence-electron chi connectivity index (χ1n) is 11.8. The van der Waals surface area contributed by atoms with E-state index in [2.05, 4.69) is 48.1 Å². The Balaban J connectivity index is 1.48. The molecule has 1 aromatic carbocycles. The van der Waals surface area contributed by atoms with Gasteiger partial charge < -0.3 is 15.1 Å². The maximum Gasteiger partial charge on any atom is 0.228 e. The molecule has 34 heavy (non-hydrogen) atoms. The van der Waals surface area contributed by atoms with E-state index in [0.717, 1.165) is 27.5 Å². The van der Waals surface area contributed by atoms with E-state index in [4.69, 9.17) is 15.1 Å². The number of nitrogens with one attached hydrogen (secondary N) is 1. The van der Waals surface area contributed by atoms with Crippen molar-refractivity contribution in [2.45, 2.75) is 39.8 Å². The number of pyridine rings is 1. The fraction of sp³-hybridized carbons (Fsp3) is 0.400. The molecule has 1 unspecified atom stereocenters. The third kappa shape index (κ3) is 4.25. The monoisotopic (exact) mass is 458 g/mol. The number of anilines is 2. The minimum absolute atomic E-state index is 0.0261. The zero-order valence-corrected chi connectivity index (χ0v) is 20.1. The minimum atomic E-state index is -0.0261. The standard InChI is InChI=1S/C25H30N8O/c1-16(2)33-15-22-23(30-33)24(29-25(28-22)32-11-9-31(10-12-32)18(4)34)27-17(3)20-13-19-7-5-6-8-21(19)26-14-20/h5-8,13-17H,9-12H2,1-4H3,(H,27,28,29). The number of hydrogen-bond acceptors (Lipinski definition) is 7. The van der Waals surface area contributed by atoms with E-state index in [1.54, 1.807) is 6.92 Å². The summed E-state index contributed by atoms with van der Waals surface area (Å²) in [5.74, 6) is 1.47. The van der Waals surface area contributed by atoms with Crippen molar-refractivity contribution < 1.29 is 4.79 Å². The SMILES string of the molecule is CC(=O)N1CCN(c2nc(NC(C)c3cnc4ccccc4c3)c3nn(C(C)C)cc3n2)CC1. The molecule has 1 N–H and O–H groups in total. The molecule has 1 aliphatic rings. The number of carbonyl (C=O) groups is 1. The third-order valence-corrected chi connectivity index (χ3v) is 6.37. The molecule has 176 valence electrons. The van der Waals surface area contributed by atoms with Crippen molar-refractivity contribution in [1.29, 1.82) is 0 Å². The lowest BCUT2D eigenvalue weighted by molar-refractivity contribution is -0.129. The highest BCUT2D eigenvalue weighted by Crippen LogP contribution is 2.28. The average molecular weight is 459 g/mol. The molecule has 5 rings (SSSR count). The van der Waals surface area contributed by atoms with Gasteiger partial charge in [0.05, 0.1) is 17.8 Å². The second kappa shape index (κ2) is 8.89. The topological polar surface area (TPSA) is 92.1 Å². The Hall–Kier alpha value is -3.75. The van der Waals surface area contributed by atoms with Gasteiger partial charge in [-0.1, -0.05) is 18.2 Å². The zero-order valence-electron chi connectivity index (χ0n) is 20.1. The van der Waals surface area contributed by atoms with Crippen molar-refractivity contribution in [2.24, 2.45) is 0 Å². The van der Waals surface area contributed by atoms with Crippen molar-refractivity contribution >= 4 is 39.6 Å². The Bertz CT molecular complexity index is 1340. The predicted molar refractivity (Wildman–Crippen MR) is 134 cm³/mol. The summed E-state index contributed by atoms with van der Waals surface area (Å²) in [7, 11) is 0. The van der Waals surface area contributed by atoms with E-state index < -0.39 is 0 Å². The van der Waals surface area contributed by atoms with Crippen molar-refractivity contribution in [3.63, 3.8) is 0 Å². The zero-order chi connectivity index (χ0) is 23.8. The van der Waals surface area contributed by atoms with Gasteiger partial charge in [-0.2, -0.15) is 10.1 Å². The maximum absolute atomic E-state index is 11.7. The van der Waals surface area contributed by atoms with Gasteiger partial charge in [0.1, 0.15) is 5.52 Å². The van der Waals surface area contributed by atoms with Crippen LogP contribution in [0.1, 0.15) is 45.3 Å². The number of nitrogens with zero attached hydrogens (tertiary/aromatic N) is 7. The normalized spacial score (nSPS) is 15.3. The summed E-state index contributed by atoms with van der Waals surface area (Å²) in [6, 6.07) is 10.5. The number of amides is 1. The van der Waals surface area contributed by atoms with E-state index >= 15 is 0 Å². The van der Waals surface area contributed by atoms with Crippen LogP contribution < -0.4 is 10.2 Å². The maximum atomic E-state index is 11.7. The Morgan fingerprint density at radius 1 is 1.03 bits per heavy atom. The van der Waals surface area contributed by atoms with Crippen LogP contribution in [0, 0.1) is 0 Å². The van der Waals surface area contributed by atoms with Gasteiger partial charge in [0, 0.05) is 50.7 Å². The molecule has 0 bridgehead atoms. The molecule has 1 saturated heterocycles. The molecule has 4 aromatic rings. The smallest absolute Gasteiger partial charge is 0.228 e. The lowest BCUT2D eigenvalue weighted by Gasteiger charge is -2.34. The van der Waals surface area contributed by atoms with Crippen LogP contribution in [0.4, 0.5) is 11.8 Å². The number of carbonyl (C=O) groups excluding carboxylic acids is 1.